The van der Waals surface area contributed by atoms with Gasteiger partial charge in [0, 0.05) is 19.3 Å². The zero-order valence-electron chi connectivity index (χ0n) is 12.4. The maximum absolute atomic E-state index is 11.3. The summed E-state index contributed by atoms with van der Waals surface area (Å²) in [4.78, 5) is 26.8. The van der Waals surface area contributed by atoms with Gasteiger partial charge >= 0.3 is 0 Å². The first-order chi connectivity index (χ1) is 10.7. The van der Waals surface area contributed by atoms with Crippen LogP contribution in [0.1, 0.15) is 12.2 Å². The van der Waals surface area contributed by atoms with Crippen molar-refractivity contribution in [2.75, 3.05) is 31.1 Å². The molecule has 2 aromatic rings. The normalized spacial score (nSPS) is 25.0. The highest BCUT2D eigenvalue weighted by Gasteiger charge is 2.43. The number of rotatable bonds is 1. The van der Waals surface area contributed by atoms with E-state index in [4.69, 9.17) is 4.74 Å². The second kappa shape index (κ2) is 4.88. The summed E-state index contributed by atoms with van der Waals surface area (Å²) in [5.74, 6) is 1.56. The van der Waals surface area contributed by atoms with Crippen LogP contribution in [0.5, 0.6) is 0 Å². The number of ether oxygens (including phenoxy) is 1. The number of morpholine rings is 1. The number of hydrogen-bond acceptors (Lipinski definition) is 6. The summed E-state index contributed by atoms with van der Waals surface area (Å²) < 4.78 is 5.82. The van der Waals surface area contributed by atoms with Gasteiger partial charge in [-0.25, -0.2) is 15.0 Å². The van der Waals surface area contributed by atoms with Gasteiger partial charge < -0.3 is 15.0 Å². The molecule has 1 atom stereocenters. The first kappa shape index (κ1) is 13.4. The zero-order chi connectivity index (χ0) is 15.2. The van der Waals surface area contributed by atoms with E-state index in [0.29, 0.717) is 24.6 Å². The number of nitrogens with one attached hydrogen (secondary N) is 1. The number of pyridine rings is 1. The van der Waals surface area contributed by atoms with Gasteiger partial charge in [-0.2, -0.15) is 0 Å². The highest BCUT2D eigenvalue weighted by Crippen LogP contribution is 2.32. The lowest BCUT2D eigenvalue weighted by atomic mass is 10.0. The van der Waals surface area contributed by atoms with Gasteiger partial charge in [0.05, 0.1) is 11.9 Å². The number of aromatic nitrogens is 3. The minimum absolute atomic E-state index is 0.0448. The smallest absolute Gasteiger partial charge is 0.246 e. The molecule has 2 fully saturated rings. The first-order valence-electron chi connectivity index (χ1n) is 7.40. The molecule has 4 rings (SSSR count). The summed E-state index contributed by atoms with van der Waals surface area (Å²) in [6.45, 7) is 4.13. The Bertz CT molecular complexity index is 738. The van der Waals surface area contributed by atoms with Crippen molar-refractivity contribution < 1.29 is 9.53 Å². The maximum Gasteiger partial charge on any atom is 0.246 e. The molecule has 0 radical (unpaired) electrons. The highest BCUT2D eigenvalue weighted by atomic mass is 16.5. The van der Waals surface area contributed by atoms with Crippen LogP contribution >= 0.6 is 0 Å². The molecule has 1 spiro atoms. The SMILES string of the molecule is Cc1nc(N2CCC3(CNC(=O)CO3)C2)c2cccnc2n1. The van der Waals surface area contributed by atoms with Gasteiger partial charge in [0.2, 0.25) is 5.91 Å². The Hall–Kier alpha value is -2.28. The van der Waals surface area contributed by atoms with Crippen molar-refractivity contribution in [2.45, 2.75) is 18.9 Å². The van der Waals surface area contributed by atoms with Gasteiger partial charge in [0.25, 0.3) is 0 Å². The third-order valence-electron chi connectivity index (χ3n) is 4.30. The van der Waals surface area contributed by atoms with Crippen LogP contribution in [0.2, 0.25) is 0 Å². The number of aryl methyl sites for hydroxylation is 1. The molecule has 2 aliphatic rings. The number of nitrogens with zero attached hydrogens (tertiary/aromatic N) is 4. The van der Waals surface area contributed by atoms with Gasteiger partial charge in [0.1, 0.15) is 23.9 Å². The molecule has 0 aromatic carbocycles. The fraction of sp³-hybridized carbons (Fsp3) is 0.467. The van der Waals surface area contributed by atoms with Crippen molar-refractivity contribution in [1.82, 2.24) is 20.3 Å². The van der Waals surface area contributed by atoms with Crippen LogP contribution in [0, 0.1) is 6.92 Å². The molecule has 0 saturated carbocycles. The Labute approximate surface area is 127 Å². The van der Waals surface area contributed by atoms with E-state index in [1.54, 1.807) is 6.20 Å². The van der Waals surface area contributed by atoms with Crippen molar-refractivity contribution in [3.05, 3.63) is 24.2 Å². The molecule has 1 unspecified atom stereocenters. The van der Waals surface area contributed by atoms with Gasteiger partial charge in [-0.05, 0) is 25.5 Å². The topological polar surface area (TPSA) is 80.2 Å². The Kier molecular flexibility index (Phi) is 2.97. The monoisotopic (exact) mass is 299 g/mol. The van der Waals surface area contributed by atoms with Crippen molar-refractivity contribution in [2.24, 2.45) is 0 Å². The van der Waals surface area contributed by atoms with E-state index in [9.17, 15) is 4.79 Å². The summed E-state index contributed by atoms with van der Waals surface area (Å²) >= 11 is 0. The molecule has 0 aliphatic carbocycles. The minimum atomic E-state index is -0.304. The van der Waals surface area contributed by atoms with Crippen molar-refractivity contribution >= 4 is 22.8 Å². The molecule has 1 N–H and O–H groups in total. The Morgan fingerprint density at radius 2 is 2.32 bits per heavy atom. The van der Waals surface area contributed by atoms with Crippen LogP contribution < -0.4 is 10.2 Å². The number of amides is 1. The lowest BCUT2D eigenvalue weighted by Gasteiger charge is -2.33. The summed E-state index contributed by atoms with van der Waals surface area (Å²) in [6.07, 6.45) is 2.61. The van der Waals surface area contributed by atoms with Gasteiger partial charge in [-0.3, -0.25) is 4.79 Å². The third kappa shape index (κ3) is 2.18. The van der Waals surface area contributed by atoms with Crippen LogP contribution in [0.25, 0.3) is 11.0 Å². The largest absolute Gasteiger partial charge is 0.361 e. The molecular weight excluding hydrogens is 282 g/mol. The van der Waals surface area contributed by atoms with Crippen molar-refractivity contribution in [3.63, 3.8) is 0 Å². The van der Waals surface area contributed by atoms with Gasteiger partial charge in [0.15, 0.2) is 5.65 Å². The summed E-state index contributed by atoms with van der Waals surface area (Å²) in [6, 6.07) is 3.89. The van der Waals surface area contributed by atoms with Crippen LogP contribution in [0.3, 0.4) is 0 Å². The van der Waals surface area contributed by atoms with E-state index >= 15 is 0 Å². The number of fused-ring (bicyclic) bond motifs is 1. The minimum Gasteiger partial charge on any atom is -0.361 e. The zero-order valence-corrected chi connectivity index (χ0v) is 12.4. The van der Waals surface area contributed by atoms with E-state index in [-0.39, 0.29) is 18.1 Å². The number of anilines is 1. The second-order valence-corrected chi connectivity index (χ2v) is 5.89. The molecule has 0 bridgehead atoms. The number of carbonyl (C=O) groups excluding carboxylic acids is 1. The fourth-order valence-electron chi connectivity index (χ4n) is 3.16. The lowest BCUT2D eigenvalue weighted by molar-refractivity contribution is -0.141. The molecule has 22 heavy (non-hydrogen) atoms. The summed E-state index contributed by atoms with van der Waals surface area (Å²) in [7, 11) is 0. The second-order valence-electron chi connectivity index (χ2n) is 5.89. The molecule has 1 amide bonds. The van der Waals surface area contributed by atoms with E-state index in [2.05, 4.69) is 25.2 Å². The molecule has 2 saturated heterocycles. The highest BCUT2D eigenvalue weighted by molar-refractivity contribution is 5.87. The Morgan fingerprint density at radius 3 is 3.14 bits per heavy atom. The van der Waals surface area contributed by atoms with Crippen molar-refractivity contribution in [3.8, 4) is 0 Å². The maximum atomic E-state index is 11.3. The molecule has 7 nitrogen and oxygen atoms in total. The number of carbonyl (C=O) groups is 1. The van der Waals surface area contributed by atoms with E-state index in [1.807, 2.05) is 19.1 Å². The quantitative estimate of drug-likeness (QED) is 0.822. The summed E-state index contributed by atoms with van der Waals surface area (Å²) in [5, 5.41) is 3.85. The van der Waals surface area contributed by atoms with Crippen LogP contribution in [-0.4, -0.2) is 52.7 Å². The molecule has 2 aromatic heterocycles. The average molecular weight is 299 g/mol. The molecular formula is C15H17N5O2. The van der Waals surface area contributed by atoms with Gasteiger partial charge in [-0.15, -0.1) is 0 Å². The Morgan fingerprint density at radius 1 is 1.41 bits per heavy atom. The average Bonchev–Trinajstić information content (AvgIpc) is 2.94. The molecule has 2 aliphatic heterocycles. The van der Waals surface area contributed by atoms with E-state index in [0.717, 1.165) is 24.2 Å². The Balaban J connectivity index is 1.67. The molecule has 114 valence electrons. The van der Waals surface area contributed by atoms with Crippen molar-refractivity contribution in [1.29, 1.82) is 0 Å². The fourth-order valence-corrected chi connectivity index (χ4v) is 3.16. The van der Waals surface area contributed by atoms with Gasteiger partial charge in [-0.1, -0.05) is 0 Å². The standard InChI is InChI=1S/C15H17N5O2/c1-10-18-13-11(3-2-5-16-13)14(19-10)20-6-4-15(9-20)8-17-12(21)7-22-15/h2-3,5H,4,6-9H2,1H3,(H,17,21). The van der Waals surface area contributed by atoms with Crippen LogP contribution in [-0.2, 0) is 9.53 Å². The number of hydrogen-bond donors (Lipinski definition) is 1. The van der Waals surface area contributed by atoms with Crippen LogP contribution in [0.4, 0.5) is 5.82 Å². The molecule has 7 heteroatoms. The van der Waals surface area contributed by atoms with Crippen LogP contribution in [0.15, 0.2) is 18.3 Å². The summed E-state index contributed by atoms with van der Waals surface area (Å²) in [5.41, 5.74) is 0.408. The van der Waals surface area contributed by atoms with E-state index < -0.39 is 0 Å². The predicted molar refractivity (Wildman–Crippen MR) is 80.6 cm³/mol. The van der Waals surface area contributed by atoms with E-state index in [1.165, 1.54) is 0 Å². The lowest BCUT2D eigenvalue weighted by Crippen LogP contribution is -2.53. The first-order valence-corrected chi connectivity index (χ1v) is 7.40. The third-order valence-corrected chi connectivity index (χ3v) is 4.30. The predicted octanol–water partition coefficient (Wildman–Crippen LogP) is 0.429. The molecule has 4 heterocycles.